The fraction of sp³-hybridized carbons (Fsp3) is 0.0769. The number of azo groups is 1. The molecule has 38 heavy (non-hydrogen) atoms. The molecule has 0 fully saturated rings. The van der Waals surface area contributed by atoms with Gasteiger partial charge in [0.25, 0.3) is 5.69 Å². The van der Waals surface area contributed by atoms with Gasteiger partial charge >= 0.3 is 5.97 Å². The number of nitro benzene ring substituents is 1. The number of aliphatic carboxylic acids is 1. The van der Waals surface area contributed by atoms with E-state index in [1.165, 1.54) is 24.4 Å². The summed E-state index contributed by atoms with van der Waals surface area (Å²) in [5.41, 5.74) is 0.972. The van der Waals surface area contributed by atoms with Crippen LogP contribution in [0.15, 0.2) is 92.4 Å². The normalized spacial score (nSPS) is 16.4. The van der Waals surface area contributed by atoms with E-state index in [1.807, 2.05) is 0 Å². The topological polar surface area (TPSA) is 140 Å². The molecule has 5 rings (SSSR count). The van der Waals surface area contributed by atoms with E-state index in [1.54, 1.807) is 48.5 Å². The second-order valence-corrected chi connectivity index (χ2v) is 8.56. The summed E-state index contributed by atoms with van der Waals surface area (Å²) < 4.78 is 26.3. The van der Waals surface area contributed by atoms with Crippen LogP contribution in [0.1, 0.15) is 17.4 Å². The Labute approximate surface area is 218 Å². The van der Waals surface area contributed by atoms with Gasteiger partial charge in [-0.25, -0.2) is 9.18 Å². The number of hydrogen-bond acceptors (Lipinski definition) is 8. The number of hydrogen-bond donors (Lipinski definition) is 1. The molecule has 1 aliphatic rings. The van der Waals surface area contributed by atoms with Gasteiger partial charge in [-0.1, -0.05) is 11.6 Å². The molecule has 0 saturated carbocycles. The lowest BCUT2D eigenvalue weighted by atomic mass is 9.97. The summed E-state index contributed by atoms with van der Waals surface area (Å²) in [7, 11) is 0. The second-order valence-electron chi connectivity index (χ2n) is 8.12. The zero-order chi connectivity index (χ0) is 26.8. The molecule has 2 atom stereocenters. The van der Waals surface area contributed by atoms with Crippen molar-refractivity contribution in [3.8, 4) is 22.8 Å². The third kappa shape index (κ3) is 5.13. The van der Waals surface area contributed by atoms with Crippen LogP contribution < -0.4 is 4.74 Å². The van der Waals surface area contributed by atoms with Gasteiger partial charge in [-0.05, 0) is 54.6 Å². The van der Waals surface area contributed by atoms with Crippen molar-refractivity contribution in [3.63, 3.8) is 0 Å². The highest BCUT2D eigenvalue weighted by Crippen LogP contribution is 2.41. The van der Waals surface area contributed by atoms with Crippen molar-refractivity contribution >= 4 is 35.2 Å². The summed E-state index contributed by atoms with van der Waals surface area (Å²) >= 11 is 5.87. The van der Waals surface area contributed by atoms with E-state index in [9.17, 15) is 24.4 Å². The zero-order valence-corrected chi connectivity index (χ0v) is 19.9. The van der Waals surface area contributed by atoms with Crippen LogP contribution in [0, 0.1) is 15.9 Å². The van der Waals surface area contributed by atoms with Gasteiger partial charge in [0.05, 0.1) is 16.8 Å². The molecule has 3 aromatic carbocycles. The van der Waals surface area contributed by atoms with E-state index < -0.39 is 28.8 Å². The van der Waals surface area contributed by atoms with Crippen molar-refractivity contribution in [1.29, 1.82) is 0 Å². The molecule has 1 aliphatic heterocycles. The molecule has 0 amide bonds. The number of ether oxygens (including phenoxy) is 1. The molecule has 2 heterocycles. The Morgan fingerprint density at radius 2 is 1.87 bits per heavy atom. The number of carboxylic acid groups (broad SMARTS) is 1. The lowest BCUT2D eigenvalue weighted by Gasteiger charge is -2.22. The summed E-state index contributed by atoms with van der Waals surface area (Å²) in [5, 5.41) is 28.8. The highest BCUT2D eigenvalue weighted by atomic mass is 35.5. The maximum Gasteiger partial charge on any atom is 0.333 e. The first-order valence-electron chi connectivity index (χ1n) is 11.1. The van der Waals surface area contributed by atoms with E-state index >= 15 is 0 Å². The lowest BCUT2D eigenvalue weighted by Crippen LogP contribution is -2.27. The van der Waals surface area contributed by atoms with Crippen molar-refractivity contribution in [3.05, 3.63) is 105 Å². The van der Waals surface area contributed by atoms with Crippen LogP contribution in [-0.4, -0.2) is 28.3 Å². The standard InChI is InChI=1S/C26H16ClFN4O6/c27-15-3-7-17(8-4-15)37-23-12-21-19(11-20(23)28)24(25(26(33)34)31-30-21)29-13-18-9-10-22(38-18)14-1-5-16(6-2-14)32(35)36/h1-13,24-25H,(H,33,34). The number of carboxylic acids is 1. The number of rotatable bonds is 7. The van der Waals surface area contributed by atoms with Crippen LogP contribution in [0.2, 0.25) is 5.02 Å². The number of nitrogens with zero attached hydrogens (tertiary/aromatic N) is 4. The Bertz CT molecular complexity index is 1580. The molecule has 10 nitrogen and oxygen atoms in total. The van der Waals surface area contributed by atoms with Gasteiger partial charge in [-0.3, -0.25) is 15.1 Å². The monoisotopic (exact) mass is 534 g/mol. The average molecular weight is 535 g/mol. The third-order valence-corrected chi connectivity index (χ3v) is 5.89. The largest absolute Gasteiger partial charge is 0.480 e. The van der Waals surface area contributed by atoms with Gasteiger partial charge in [0, 0.05) is 34.3 Å². The summed E-state index contributed by atoms with van der Waals surface area (Å²) in [4.78, 5) is 26.5. The molecule has 1 aromatic heterocycles. The Kier molecular flexibility index (Phi) is 6.67. The molecule has 0 aliphatic carbocycles. The molecule has 1 N–H and O–H groups in total. The van der Waals surface area contributed by atoms with E-state index in [2.05, 4.69) is 15.2 Å². The summed E-state index contributed by atoms with van der Waals surface area (Å²) in [6.07, 6.45) is 1.32. The zero-order valence-electron chi connectivity index (χ0n) is 19.2. The van der Waals surface area contributed by atoms with E-state index in [-0.39, 0.29) is 28.4 Å². The molecular formula is C26H16ClFN4O6. The molecule has 0 saturated heterocycles. The Morgan fingerprint density at radius 3 is 2.55 bits per heavy atom. The van der Waals surface area contributed by atoms with Crippen molar-refractivity contribution < 1.29 is 28.4 Å². The SMILES string of the molecule is O=C(O)C1N=Nc2cc(Oc3ccc(Cl)cc3)c(F)cc2C1N=Cc1ccc(-c2ccc([N+](=O)[O-])cc2)o1. The van der Waals surface area contributed by atoms with Crippen molar-refractivity contribution in [2.75, 3.05) is 0 Å². The highest BCUT2D eigenvalue weighted by Gasteiger charge is 2.35. The van der Waals surface area contributed by atoms with E-state index in [4.69, 9.17) is 20.8 Å². The Hall–Kier alpha value is -4.90. The maximum atomic E-state index is 15.0. The van der Waals surface area contributed by atoms with E-state index in [0.717, 1.165) is 6.07 Å². The van der Waals surface area contributed by atoms with Gasteiger partial charge < -0.3 is 14.3 Å². The first-order chi connectivity index (χ1) is 18.3. The molecule has 0 bridgehead atoms. The number of nitro groups is 1. The molecule has 0 radical (unpaired) electrons. The number of fused-ring (bicyclic) bond motifs is 1. The smallest absolute Gasteiger partial charge is 0.333 e. The van der Waals surface area contributed by atoms with Gasteiger partial charge in [0.15, 0.2) is 17.6 Å². The van der Waals surface area contributed by atoms with Crippen molar-refractivity contribution in [1.82, 2.24) is 0 Å². The predicted molar refractivity (Wildman–Crippen MR) is 135 cm³/mol. The first kappa shape index (κ1) is 24.8. The average Bonchev–Trinajstić information content (AvgIpc) is 3.38. The van der Waals surface area contributed by atoms with Gasteiger partial charge in [0.2, 0.25) is 0 Å². The molecule has 2 unspecified atom stereocenters. The fourth-order valence-corrected chi connectivity index (χ4v) is 3.90. The molecular weight excluding hydrogens is 519 g/mol. The van der Waals surface area contributed by atoms with Crippen LogP contribution in [-0.2, 0) is 4.79 Å². The first-order valence-corrected chi connectivity index (χ1v) is 11.4. The van der Waals surface area contributed by atoms with Gasteiger partial charge in [-0.15, -0.1) is 0 Å². The lowest BCUT2D eigenvalue weighted by molar-refractivity contribution is -0.384. The van der Waals surface area contributed by atoms with Crippen molar-refractivity contribution in [2.45, 2.75) is 12.1 Å². The number of aliphatic imine (C=N–C) groups is 1. The van der Waals surface area contributed by atoms with Crippen LogP contribution in [0.3, 0.4) is 0 Å². The minimum atomic E-state index is -1.38. The highest BCUT2D eigenvalue weighted by molar-refractivity contribution is 6.30. The number of halogens is 2. The van der Waals surface area contributed by atoms with Crippen LogP contribution in [0.25, 0.3) is 11.3 Å². The number of furan rings is 1. The quantitative estimate of drug-likeness (QED) is 0.152. The van der Waals surface area contributed by atoms with Crippen LogP contribution >= 0.6 is 11.6 Å². The van der Waals surface area contributed by atoms with E-state index in [0.29, 0.717) is 22.1 Å². The summed E-state index contributed by atoms with van der Waals surface area (Å²) in [6, 6.07) is 15.4. The van der Waals surface area contributed by atoms with Crippen LogP contribution in [0.5, 0.6) is 11.5 Å². The predicted octanol–water partition coefficient (Wildman–Crippen LogP) is 7.15. The van der Waals surface area contributed by atoms with Gasteiger partial charge in [-0.2, -0.15) is 10.2 Å². The molecule has 190 valence electrons. The molecule has 0 spiro atoms. The third-order valence-electron chi connectivity index (χ3n) is 5.64. The number of non-ortho nitro benzene ring substituents is 1. The number of benzene rings is 3. The van der Waals surface area contributed by atoms with Crippen LogP contribution in [0.4, 0.5) is 15.8 Å². The minimum Gasteiger partial charge on any atom is -0.480 e. The minimum absolute atomic E-state index is 0.0547. The van der Waals surface area contributed by atoms with Crippen molar-refractivity contribution in [2.24, 2.45) is 15.2 Å². The number of carbonyl (C=O) groups is 1. The molecule has 4 aromatic rings. The summed E-state index contributed by atoms with van der Waals surface area (Å²) in [6.45, 7) is 0. The second kappa shape index (κ2) is 10.2. The molecule has 12 heteroatoms. The maximum absolute atomic E-state index is 15.0. The van der Waals surface area contributed by atoms with Gasteiger partial charge in [0.1, 0.15) is 23.3 Å². The summed E-state index contributed by atoms with van der Waals surface area (Å²) in [5.74, 6) is -1.08. The fourth-order valence-electron chi connectivity index (χ4n) is 3.77. The Balaban J connectivity index is 1.42. The Morgan fingerprint density at radius 1 is 1.13 bits per heavy atom.